The van der Waals surface area contributed by atoms with E-state index in [1.54, 1.807) is 19.1 Å². The second-order valence-electron chi connectivity index (χ2n) is 7.30. The van der Waals surface area contributed by atoms with Crippen LogP contribution in [0.25, 0.3) is 0 Å². The molecule has 1 aromatic heterocycles. The lowest BCUT2D eigenvalue weighted by molar-refractivity contribution is -0.117. The van der Waals surface area contributed by atoms with E-state index in [4.69, 9.17) is 11.6 Å². The molecule has 3 aromatic rings. The van der Waals surface area contributed by atoms with Gasteiger partial charge in [-0.1, -0.05) is 23.7 Å². The van der Waals surface area contributed by atoms with E-state index < -0.39 is 11.7 Å². The molecular weight excluding hydrogens is 426 g/mol. The van der Waals surface area contributed by atoms with Crippen molar-refractivity contribution >= 4 is 34.8 Å². The van der Waals surface area contributed by atoms with E-state index >= 15 is 0 Å². The molecule has 0 unspecified atom stereocenters. The highest BCUT2D eigenvalue weighted by atomic mass is 35.5. The van der Waals surface area contributed by atoms with Gasteiger partial charge in [-0.15, -0.1) is 0 Å². The molecule has 1 fully saturated rings. The topological polar surface area (TPSA) is 67.2 Å². The van der Waals surface area contributed by atoms with E-state index in [1.807, 2.05) is 0 Å². The van der Waals surface area contributed by atoms with Crippen molar-refractivity contribution in [3.63, 3.8) is 0 Å². The molecule has 0 bridgehead atoms. The van der Waals surface area contributed by atoms with Crippen molar-refractivity contribution in [2.24, 2.45) is 0 Å². The average Bonchev–Trinajstić information content (AvgIpc) is 3.26. The number of hydrogen-bond acceptors (Lipinski definition) is 3. The summed E-state index contributed by atoms with van der Waals surface area (Å²) in [5.41, 5.74) is 1.78. The Morgan fingerprint density at radius 2 is 1.94 bits per heavy atom. The molecule has 2 aromatic carbocycles. The number of amides is 2. The Morgan fingerprint density at radius 1 is 1.19 bits per heavy atom. The maximum absolute atomic E-state index is 14.5. The summed E-state index contributed by atoms with van der Waals surface area (Å²) in [6.45, 7) is 2.38. The van der Waals surface area contributed by atoms with Crippen LogP contribution in [0.15, 0.2) is 42.5 Å². The number of carbonyl (C=O) groups is 2. The van der Waals surface area contributed by atoms with Crippen LogP contribution in [-0.2, 0) is 11.3 Å². The van der Waals surface area contributed by atoms with E-state index in [1.165, 1.54) is 39.9 Å². The number of anilines is 2. The van der Waals surface area contributed by atoms with Crippen molar-refractivity contribution < 1.29 is 18.4 Å². The molecule has 1 aliphatic rings. The molecular formula is C22H19ClF2N4O2. The number of benzene rings is 2. The average molecular weight is 445 g/mol. The summed E-state index contributed by atoms with van der Waals surface area (Å²) < 4.78 is 29.1. The van der Waals surface area contributed by atoms with Gasteiger partial charge in [0.1, 0.15) is 16.8 Å². The highest BCUT2D eigenvalue weighted by molar-refractivity contribution is 6.33. The molecule has 0 radical (unpaired) electrons. The zero-order chi connectivity index (χ0) is 22.1. The molecule has 2 heterocycles. The van der Waals surface area contributed by atoms with E-state index in [2.05, 4.69) is 10.4 Å². The van der Waals surface area contributed by atoms with E-state index in [9.17, 15) is 18.4 Å². The van der Waals surface area contributed by atoms with Crippen LogP contribution in [-0.4, -0.2) is 28.1 Å². The van der Waals surface area contributed by atoms with Crippen molar-refractivity contribution in [3.8, 4) is 0 Å². The van der Waals surface area contributed by atoms with Gasteiger partial charge in [0.15, 0.2) is 0 Å². The predicted molar refractivity (Wildman–Crippen MR) is 113 cm³/mol. The molecule has 0 aliphatic carbocycles. The number of aromatic nitrogens is 2. The van der Waals surface area contributed by atoms with E-state index in [0.29, 0.717) is 25.1 Å². The SMILES string of the molecule is Cc1nn(Cc2ccc(F)cc2)c(Cl)c1C(=O)Nc1ccc(N2CCCC2=O)c(F)c1. The fourth-order valence-corrected chi connectivity index (χ4v) is 3.90. The van der Waals surface area contributed by atoms with Gasteiger partial charge < -0.3 is 10.2 Å². The Hall–Kier alpha value is -3.26. The van der Waals surface area contributed by atoms with Crippen LogP contribution in [0.5, 0.6) is 0 Å². The smallest absolute Gasteiger partial charge is 0.260 e. The van der Waals surface area contributed by atoms with Crippen LogP contribution < -0.4 is 10.2 Å². The second kappa shape index (κ2) is 8.47. The third kappa shape index (κ3) is 4.29. The molecule has 4 rings (SSSR count). The number of rotatable bonds is 5. The number of carbonyl (C=O) groups excluding carboxylic acids is 2. The third-order valence-electron chi connectivity index (χ3n) is 5.11. The van der Waals surface area contributed by atoms with Crippen molar-refractivity contribution in [1.82, 2.24) is 9.78 Å². The van der Waals surface area contributed by atoms with E-state index in [-0.39, 0.29) is 40.4 Å². The van der Waals surface area contributed by atoms with Gasteiger partial charge >= 0.3 is 0 Å². The summed E-state index contributed by atoms with van der Waals surface area (Å²) in [4.78, 5) is 26.0. The molecule has 1 aliphatic heterocycles. The normalized spacial score (nSPS) is 13.7. The van der Waals surface area contributed by atoms with Gasteiger partial charge in [-0.25, -0.2) is 13.5 Å². The van der Waals surface area contributed by atoms with Gasteiger partial charge in [-0.3, -0.25) is 9.59 Å². The maximum Gasteiger partial charge on any atom is 0.260 e. The van der Waals surface area contributed by atoms with Crippen LogP contribution in [0, 0.1) is 18.6 Å². The Morgan fingerprint density at radius 3 is 2.58 bits per heavy atom. The van der Waals surface area contributed by atoms with Crippen LogP contribution in [0.4, 0.5) is 20.2 Å². The summed E-state index contributed by atoms with van der Waals surface area (Å²) in [7, 11) is 0. The lowest BCUT2D eigenvalue weighted by Crippen LogP contribution is -2.24. The lowest BCUT2D eigenvalue weighted by atomic mass is 10.2. The summed E-state index contributed by atoms with van der Waals surface area (Å²) in [6.07, 6.45) is 1.09. The molecule has 2 amide bonds. The third-order valence-corrected chi connectivity index (χ3v) is 5.49. The molecule has 31 heavy (non-hydrogen) atoms. The molecule has 0 saturated carbocycles. The second-order valence-corrected chi connectivity index (χ2v) is 7.66. The zero-order valence-electron chi connectivity index (χ0n) is 16.7. The van der Waals surface area contributed by atoms with Gasteiger partial charge in [0.05, 0.1) is 23.5 Å². The summed E-state index contributed by atoms with van der Waals surface area (Å²) in [5, 5.41) is 7.04. The van der Waals surface area contributed by atoms with Gasteiger partial charge in [-0.2, -0.15) is 5.10 Å². The van der Waals surface area contributed by atoms with Crippen LogP contribution in [0.1, 0.15) is 34.5 Å². The van der Waals surface area contributed by atoms with Crippen LogP contribution in [0.2, 0.25) is 5.15 Å². The zero-order valence-corrected chi connectivity index (χ0v) is 17.4. The van der Waals surface area contributed by atoms with Crippen molar-refractivity contribution in [2.45, 2.75) is 26.3 Å². The Bertz CT molecular complexity index is 1160. The quantitative estimate of drug-likeness (QED) is 0.627. The molecule has 1 saturated heterocycles. The minimum atomic E-state index is -0.595. The standard InChI is InChI=1S/C22H19ClF2N4O2/c1-13-20(21(23)29(27-13)12-14-4-6-15(24)7-5-14)22(31)26-16-8-9-18(17(25)11-16)28-10-2-3-19(28)30/h4-9,11H,2-3,10,12H2,1H3,(H,26,31). The highest BCUT2D eigenvalue weighted by Gasteiger charge is 2.25. The van der Waals surface area contributed by atoms with Crippen molar-refractivity contribution in [1.29, 1.82) is 0 Å². The fraction of sp³-hybridized carbons (Fsp3) is 0.227. The molecule has 6 nitrogen and oxygen atoms in total. The van der Waals surface area contributed by atoms with E-state index in [0.717, 1.165) is 5.56 Å². The van der Waals surface area contributed by atoms with Gasteiger partial charge in [0.2, 0.25) is 5.91 Å². The first-order valence-corrected chi connectivity index (χ1v) is 10.1. The molecule has 160 valence electrons. The maximum atomic E-state index is 14.5. The van der Waals surface area contributed by atoms with Crippen LogP contribution in [0.3, 0.4) is 0 Å². The Balaban J connectivity index is 1.52. The number of aryl methyl sites for hydroxylation is 1. The molecule has 0 spiro atoms. The highest BCUT2D eigenvalue weighted by Crippen LogP contribution is 2.28. The van der Waals surface area contributed by atoms with Gasteiger partial charge in [0, 0.05) is 18.7 Å². The molecule has 1 N–H and O–H groups in total. The van der Waals surface area contributed by atoms with Gasteiger partial charge in [-0.05, 0) is 49.2 Å². The number of nitrogens with zero attached hydrogens (tertiary/aromatic N) is 3. The first-order valence-electron chi connectivity index (χ1n) is 9.72. The van der Waals surface area contributed by atoms with Crippen molar-refractivity contribution in [2.75, 3.05) is 16.8 Å². The monoisotopic (exact) mass is 444 g/mol. The minimum absolute atomic E-state index is 0.119. The number of nitrogens with one attached hydrogen (secondary N) is 1. The van der Waals surface area contributed by atoms with Crippen molar-refractivity contribution in [3.05, 3.63) is 76.1 Å². The molecule has 9 heteroatoms. The van der Waals surface area contributed by atoms with Crippen LogP contribution >= 0.6 is 11.6 Å². The predicted octanol–water partition coefficient (Wildman–Crippen LogP) is 4.55. The first-order chi connectivity index (χ1) is 14.8. The Kier molecular flexibility index (Phi) is 5.73. The number of halogens is 3. The molecule has 0 atom stereocenters. The van der Waals surface area contributed by atoms with Gasteiger partial charge in [0.25, 0.3) is 5.91 Å². The first kappa shape index (κ1) is 21.0. The summed E-state index contributed by atoms with van der Waals surface area (Å²) in [6, 6.07) is 10.1. The lowest BCUT2D eigenvalue weighted by Gasteiger charge is -2.17. The summed E-state index contributed by atoms with van der Waals surface area (Å²) >= 11 is 6.38. The Labute approximate surface area is 182 Å². The largest absolute Gasteiger partial charge is 0.322 e. The fourth-order valence-electron chi connectivity index (χ4n) is 3.58. The number of hydrogen-bond donors (Lipinski definition) is 1. The summed E-state index contributed by atoms with van der Waals surface area (Å²) in [5.74, 6) is -1.59. The minimum Gasteiger partial charge on any atom is -0.322 e.